The minimum absolute atomic E-state index is 0.0243. The second-order valence-electron chi connectivity index (χ2n) is 4.18. The Labute approximate surface area is 114 Å². The predicted molar refractivity (Wildman–Crippen MR) is 71.1 cm³/mol. The van der Waals surface area contributed by atoms with E-state index in [1.165, 1.54) is 12.1 Å². The number of para-hydroxylation sites is 1. The van der Waals surface area contributed by atoms with Crippen LogP contribution in [-0.2, 0) is 4.79 Å². The monoisotopic (exact) mass is 280 g/mol. The standard InChI is InChI=1S/C12H14N3O5/c13-7-2-1-4-9(8-16)10-5-3-6-11(14(17)18)12(10)15(19)20/h3,5-6,9H,1-2,4,7,13H2/t9-/m1/s1. The van der Waals surface area contributed by atoms with Crippen molar-refractivity contribution in [3.63, 3.8) is 0 Å². The first-order valence-electron chi connectivity index (χ1n) is 6.02. The Morgan fingerprint density at radius 3 is 2.40 bits per heavy atom. The summed E-state index contributed by atoms with van der Waals surface area (Å²) in [6, 6.07) is 3.72. The highest BCUT2D eigenvalue weighted by Gasteiger charge is 2.31. The van der Waals surface area contributed by atoms with Crippen molar-refractivity contribution in [2.75, 3.05) is 6.54 Å². The molecule has 8 nitrogen and oxygen atoms in total. The molecule has 0 aliphatic carbocycles. The molecule has 0 amide bonds. The number of unbranched alkanes of at least 4 members (excludes halogenated alkanes) is 1. The number of hydrogen-bond acceptors (Lipinski definition) is 6. The number of nitro benzene ring substituents is 2. The average Bonchev–Trinajstić information content (AvgIpc) is 2.42. The lowest BCUT2D eigenvalue weighted by atomic mass is 9.93. The van der Waals surface area contributed by atoms with E-state index in [0.29, 0.717) is 25.8 Å². The van der Waals surface area contributed by atoms with Crippen LogP contribution in [-0.4, -0.2) is 22.7 Å². The van der Waals surface area contributed by atoms with Crippen molar-refractivity contribution < 1.29 is 14.6 Å². The topological polar surface area (TPSA) is 129 Å². The first kappa shape index (κ1) is 15.7. The third kappa shape index (κ3) is 3.58. The van der Waals surface area contributed by atoms with E-state index in [2.05, 4.69) is 0 Å². The van der Waals surface area contributed by atoms with Crippen LogP contribution in [0.1, 0.15) is 30.7 Å². The maximum absolute atomic E-state index is 11.0. The fraction of sp³-hybridized carbons (Fsp3) is 0.417. The number of nitrogens with two attached hydrogens (primary N) is 1. The largest absolute Gasteiger partial charge is 0.349 e. The molecule has 0 aliphatic heterocycles. The summed E-state index contributed by atoms with van der Waals surface area (Å²) in [5.74, 6) is -0.859. The number of nitro groups is 2. The summed E-state index contributed by atoms with van der Waals surface area (Å²) in [7, 11) is 0. The zero-order valence-electron chi connectivity index (χ0n) is 10.7. The van der Waals surface area contributed by atoms with E-state index >= 15 is 0 Å². The van der Waals surface area contributed by atoms with Gasteiger partial charge in [-0.25, -0.2) is 0 Å². The van der Waals surface area contributed by atoms with E-state index in [0.717, 1.165) is 6.07 Å². The van der Waals surface area contributed by atoms with Gasteiger partial charge in [0.05, 0.1) is 15.8 Å². The summed E-state index contributed by atoms with van der Waals surface area (Å²) in [4.78, 5) is 31.2. The van der Waals surface area contributed by atoms with Gasteiger partial charge in [-0.1, -0.05) is 18.6 Å². The van der Waals surface area contributed by atoms with Gasteiger partial charge in [-0.15, -0.1) is 0 Å². The average molecular weight is 280 g/mol. The van der Waals surface area contributed by atoms with E-state index in [-0.39, 0.29) is 5.56 Å². The summed E-state index contributed by atoms with van der Waals surface area (Å²) in [6.07, 6.45) is 3.30. The Morgan fingerprint density at radius 1 is 1.20 bits per heavy atom. The number of nitrogens with zero attached hydrogens (tertiary/aromatic N) is 2. The smallest absolute Gasteiger partial charge is 0.330 e. The van der Waals surface area contributed by atoms with Crippen LogP contribution in [0.15, 0.2) is 18.2 Å². The zero-order chi connectivity index (χ0) is 15.1. The second kappa shape index (κ2) is 7.29. The van der Waals surface area contributed by atoms with E-state index in [1.807, 2.05) is 0 Å². The van der Waals surface area contributed by atoms with Gasteiger partial charge in [-0.3, -0.25) is 25.0 Å². The van der Waals surface area contributed by atoms with Gasteiger partial charge in [-0.05, 0) is 19.4 Å². The molecule has 1 aromatic carbocycles. The van der Waals surface area contributed by atoms with Gasteiger partial charge in [-0.2, -0.15) is 0 Å². The molecule has 0 aromatic heterocycles. The molecule has 0 unspecified atom stereocenters. The zero-order valence-corrected chi connectivity index (χ0v) is 10.7. The van der Waals surface area contributed by atoms with Crippen molar-refractivity contribution in [3.05, 3.63) is 44.0 Å². The summed E-state index contributed by atoms with van der Waals surface area (Å²) in [5, 5.41) is 21.9. The van der Waals surface area contributed by atoms with Gasteiger partial charge < -0.3 is 5.73 Å². The number of hydrogen-bond donors (Lipinski definition) is 1. The van der Waals surface area contributed by atoms with Crippen molar-refractivity contribution >= 4 is 17.7 Å². The maximum atomic E-state index is 11.0. The fourth-order valence-electron chi connectivity index (χ4n) is 1.95. The molecule has 2 N–H and O–H groups in total. The van der Waals surface area contributed by atoms with Crippen molar-refractivity contribution in [1.82, 2.24) is 0 Å². The van der Waals surface area contributed by atoms with Crippen LogP contribution < -0.4 is 5.73 Å². The van der Waals surface area contributed by atoms with Crippen molar-refractivity contribution in [1.29, 1.82) is 0 Å². The summed E-state index contributed by atoms with van der Waals surface area (Å²) in [5.41, 5.74) is 4.11. The summed E-state index contributed by atoms with van der Waals surface area (Å²) in [6.45, 7) is 0.447. The third-order valence-electron chi connectivity index (χ3n) is 2.89. The Bertz CT molecular complexity index is 518. The van der Waals surface area contributed by atoms with Crippen LogP contribution in [0.2, 0.25) is 0 Å². The fourth-order valence-corrected chi connectivity index (χ4v) is 1.95. The van der Waals surface area contributed by atoms with E-state index in [1.54, 1.807) is 6.29 Å². The molecule has 0 aliphatic rings. The quantitative estimate of drug-likeness (QED) is 0.439. The molecular weight excluding hydrogens is 266 g/mol. The highest BCUT2D eigenvalue weighted by Crippen LogP contribution is 2.36. The SMILES string of the molecule is NCCCC[C@H]([C]=O)c1cccc([N+](=O)[O-])c1[N+](=O)[O-]. The Hall–Kier alpha value is -2.35. The highest BCUT2D eigenvalue weighted by atomic mass is 16.6. The lowest BCUT2D eigenvalue weighted by Gasteiger charge is -2.09. The van der Waals surface area contributed by atoms with E-state index in [4.69, 9.17) is 5.73 Å². The molecule has 1 rings (SSSR count). The van der Waals surface area contributed by atoms with Crippen LogP contribution in [0.4, 0.5) is 11.4 Å². The molecule has 107 valence electrons. The van der Waals surface area contributed by atoms with Crippen LogP contribution >= 0.6 is 0 Å². The minimum Gasteiger partial charge on any atom is -0.330 e. The summed E-state index contributed by atoms with van der Waals surface area (Å²) < 4.78 is 0. The molecular formula is C12H14N3O5. The minimum atomic E-state index is -0.859. The van der Waals surface area contributed by atoms with E-state index < -0.39 is 27.1 Å². The van der Waals surface area contributed by atoms with Crippen LogP contribution in [0.5, 0.6) is 0 Å². The molecule has 0 bridgehead atoms. The third-order valence-corrected chi connectivity index (χ3v) is 2.89. The first-order chi connectivity index (χ1) is 9.52. The van der Waals surface area contributed by atoms with Crippen molar-refractivity contribution in [2.24, 2.45) is 5.73 Å². The van der Waals surface area contributed by atoms with E-state index in [9.17, 15) is 25.0 Å². The van der Waals surface area contributed by atoms with Crippen molar-refractivity contribution in [2.45, 2.75) is 25.2 Å². The number of rotatable bonds is 8. The summed E-state index contributed by atoms with van der Waals surface area (Å²) >= 11 is 0. The first-order valence-corrected chi connectivity index (χ1v) is 6.02. The van der Waals surface area contributed by atoms with Crippen molar-refractivity contribution in [3.8, 4) is 0 Å². The normalized spacial score (nSPS) is 11.8. The Kier molecular flexibility index (Phi) is 5.73. The second-order valence-corrected chi connectivity index (χ2v) is 4.18. The Balaban J connectivity index is 3.20. The molecule has 8 heteroatoms. The number of carbonyl (C=O) groups excluding carboxylic acids is 1. The molecule has 20 heavy (non-hydrogen) atoms. The number of benzene rings is 1. The Morgan fingerprint density at radius 2 is 1.90 bits per heavy atom. The molecule has 0 heterocycles. The highest BCUT2D eigenvalue weighted by molar-refractivity contribution is 5.70. The lowest BCUT2D eigenvalue weighted by Crippen LogP contribution is -2.08. The molecule has 0 saturated heterocycles. The van der Waals surface area contributed by atoms with Crippen LogP contribution in [0.3, 0.4) is 0 Å². The maximum Gasteiger partial charge on any atom is 0.349 e. The molecule has 0 saturated carbocycles. The molecule has 0 fully saturated rings. The van der Waals surface area contributed by atoms with Crippen LogP contribution in [0, 0.1) is 20.2 Å². The van der Waals surface area contributed by atoms with Gasteiger partial charge >= 0.3 is 11.4 Å². The van der Waals surface area contributed by atoms with Gasteiger partial charge in [0.1, 0.15) is 0 Å². The van der Waals surface area contributed by atoms with Gasteiger partial charge in [0, 0.05) is 11.6 Å². The molecule has 1 radical (unpaired) electrons. The molecule has 1 aromatic rings. The van der Waals surface area contributed by atoms with Gasteiger partial charge in [0.2, 0.25) is 6.29 Å². The van der Waals surface area contributed by atoms with Gasteiger partial charge in [0.25, 0.3) is 0 Å². The lowest BCUT2D eigenvalue weighted by molar-refractivity contribution is -0.423. The predicted octanol–water partition coefficient (Wildman–Crippen LogP) is 1.83. The van der Waals surface area contributed by atoms with Crippen LogP contribution in [0.25, 0.3) is 0 Å². The molecule has 0 spiro atoms. The van der Waals surface area contributed by atoms with Gasteiger partial charge in [0.15, 0.2) is 0 Å². The molecule has 1 atom stereocenters.